The van der Waals surface area contributed by atoms with Crippen LogP contribution in [0.25, 0.3) is 0 Å². The van der Waals surface area contributed by atoms with Crippen molar-refractivity contribution < 1.29 is 4.79 Å². The van der Waals surface area contributed by atoms with E-state index in [1.165, 1.54) is 0 Å². The summed E-state index contributed by atoms with van der Waals surface area (Å²) in [5.74, 6) is 0.787. The molecule has 2 unspecified atom stereocenters. The minimum Gasteiger partial charge on any atom is -0.356 e. The largest absolute Gasteiger partial charge is 0.356 e. The van der Waals surface area contributed by atoms with E-state index >= 15 is 0 Å². The van der Waals surface area contributed by atoms with Crippen LogP contribution in [0.4, 0.5) is 0 Å². The third-order valence-corrected chi connectivity index (χ3v) is 3.73. The van der Waals surface area contributed by atoms with Crippen LogP contribution in [0.3, 0.4) is 0 Å². The normalized spacial score (nSPS) is 22.1. The number of carbonyl (C=O) groups is 1. The molecule has 0 aliphatic carbocycles. The van der Waals surface area contributed by atoms with E-state index in [0.29, 0.717) is 12.5 Å². The number of benzene rings is 1. The Balaban J connectivity index is 1.86. The number of hydrogen-bond donors (Lipinski definition) is 3. The summed E-state index contributed by atoms with van der Waals surface area (Å²) in [6.07, 6.45) is 2.20. The highest BCUT2D eigenvalue weighted by molar-refractivity contribution is 5.80. The quantitative estimate of drug-likeness (QED) is 0.696. The molecule has 0 bridgehead atoms. The van der Waals surface area contributed by atoms with E-state index in [1.54, 1.807) is 0 Å². The molecule has 1 aromatic carbocycles. The number of nitrogens with one attached hydrogen (secondary N) is 3. The van der Waals surface area contributed by atoms with Crippen LogP contribution in [-0.4, -0.2) is 19.0 Å². The van der Waals surface area contributed by atoms with Gasteiger partial charge in [-0.15, -0.1) is 0 Å². The van der Waals surface area contributed by atoms with Gasteiger partial charge < -0.3 is 5.32 Å². The van der Waals surface area contributed by atoms with Crippen molar-refractivity contribution >= 4 is 5.91 Å². The summed E-state index contributed by atoms with van der Waals surface area (Å²) in [4.78, 5) is 12.3. The van der Waals surface area contributed by atoms with Gasteiger partial charge in [-0.1, -0.05) is 44.2 Å². The molecular weight excluding hydrogens is 250 g/mol. The predicted molar refractivity (Wildman–Crippen MR) is 80.9 cm³/mol. The van der Waals surface area contributed by atoms with E-state index in [2.05, 4.69) is 42.1 Å². The van der Waals surface area contributed by atoms with Crippen molar-refractivity contribution in [3.05, 3.63) is 35.9 Å². The number of carbonyl (C=O) groups excluding carboxylic acids is 1. The molecule has 0 radical (unpaired) electrons. The first-order valence-electron chi connectivity index (χ1n) is 7.49. The van der Waals surface area contributed by atoms with E-state index in [4.69, 9.17) is 0 Å². The zero-order valence-corrected chi connectivity index (χ0v) is 12.4. The lowest BCUT2D eigenvalue weighted by atomic mass is 9.94. The summed E-state index contributed by atoms with van der Waals surface area (Å²) in [6.45, 7) is 5.86. The van der Waals surface area contributed by atoms with Crippen molar-refractivity contribution in [2.24, 2.45) is 11.8 Å². The number of amides is 1. The van der Waals surface area contributed by atoms with Crippen LogP contribution in [0.15, 0.2) is 30.3 Å². The maximum atomic E-state index is 12.3. The van der Waals surface area contributed by atoms with Gasteiger partial charge in [0.05, 0.1) is 12.0 Å². The molecule has 2 rings (SSSR count). The van der Waals surface area contributed by atoms with E-state index < -0.39 is 0 Å². The zero-order valence-electron chi connectivity index (χ0n) is 12.4. The molecule has 1 saturated heterocycles. The Labute approximate surface area is 121 Å². The van der Waals surface area contributed by atoms with Crippen molar-refractivity contribution in [3.63, 3.8) is 0 Å². The highest BCUT2D eigenvalue weighted by Crippen LogP contribution is 2.24. The van der Waals surface area contributed by atoms with Gasteiger partial charge in [-0.2, -0.15) is 0 Å². The van der Waals surface area contributed by atoms with Crippen LogP contribution in [0.5, 0.6) is 0 Å². The highest BCUT2D eigenvalue weighted by atomic mass is 16.2. The standard InChI is InChI=1S/C16H25N3O/c1-12(2)7-6-10-17-16(20)14-11-18-19-15(14)13-8-4-3-5-9-13/h3-5,8-9,12,14-15,18-19H,6-7,10-11H2,1-2H3,(H,17,20). The van der Waals surface area contributed by atoms with Crippen molar-refractivity contribution in [1.29, 1.82) is 0 Å². The molecule has 1 aliphatic rings. The van der Waals surface area contributed by atoms with Gasteiger partial charge in [0.15, 0.2) is 0 Å². The topological polar surface area (TPSA) is 53.2 Å². The van der Waals surface area contributed by atoms with E-state index in [-0.39, 0.29) is 17.9 Å². The summed E-state index contributed by atoms with van der Waals surface area (Å²) in [5.41, 5.74) is 7.45. The summed E-state index contributed by atoms with van der Waals surface area (Å²) in [6, 6.07) is 10.2. The van der Waals surface area contributed by atoms with Gasteiger partial charge in [0, 0.05) is 13.1 Å². The Morgan fingerprint density at radius 1 is 1.35 bits per heavy atom. The monoisotopic (exact) mass is 275 g/mol. The highest BCUT2D eigenvalue weighted by Gasteiger charge is 2.33. The lowest BCUT2D eigenvalue weighted by molar-refractivity contribution is -0.124. The fourth-order valence-electron chi connectivity index (χ4n) is 2.57. The smallest absolute Gasteiger partial charge is 0.226 e. The summed E-state index contributed by atoms with van der Waals surface area (Å²) >= 11 is 0. The van der Waals surface area contributed by atoms with Crippen molar-refractivity contribution in [3.8, 4) is 0 Å². The molecular formula is C16H25N3O. The average Bonchev–Trinajstić information content (AvgIpc) is 2.93. The molecule has 0 saturated carbocycles. The van der Waals surface area contributed by atoms with Gasteiger partial charge in [0.2, 0.25) is 5.91 Å². The van der Waals surface area contributed by atoms with E-state index in [9.17, 15) is 4.79 Å². The van der Waals surface area contributed by atoms with Crippen LogP contribution in [0, 0.1) is 11.8 Å². The van der Waals surface area contributed by atoms with E-state index in [1.807, 2.05) is 18.2 Å². The van der Waals surface area contributed by atoms with Gasteiger partial charge in [-0.25, -0.2) is 5.43 Å². The SMILES string of the molecule is CC(C)CCCNC(=O)C1CNNC1c1ccccc1. The minimum absolute atomic E-state index is 0.0450. The zero-order chi connectivity index (χ0) is 14.4. The molecule has 0 spiro atoms. The van der Waals surface area contributed by atoms with Crippen molar-refractivity contribution in [1.82, 2.24) is 16.2 Å². The molecule has 1 fully saturated rings. The summed E-state index contributed by atoms with van der Waals surface area (Å²) in [7, 11) is 0. The predicted octanol–water partition coefficient (Wildman–Crippen LogP) is 2.00. The van der Waals surface area contributed by atoms with Crippen molar-refractivity contribution in [2.45, 2.75) is 32.7 Å². The maximum Gasteiger partial charge on any atom is 0.226 e. The fraction of sp³-hybridized carbons (Fsp3) is 0.562. The Morgan fingerprint density at radius 3 is 2.80 bits per heavy atom. The molecule has 2 atom stereocenters. The van der Waals surface area contributed by atoms with Gasteiger partial charge in [-0.3, -0.25) is 10.2 Å². The Morgan fingerprint density at radius 2 is 2.10 bits per heavy atom. The maximum absolute atomic E-state index is 12.3. The molecule has 1 amide bonds. The summed E-state index contributed by atoms with van der Waals surface area (Å²) in [5, 5.41) is 3.06. The van der Waals surface area contributed by atoms with Crippen molar-refractivity contribution in [2.75, 3.05) is 13.1 Å². The van der Waals surface area contributed by atoms with Crippen LogP contribution in [0.2, 0.25) is 0 Å². The molecule has 3 N–H and O–H groups in total. The Kier molecular flexibility index (Phi) is 5.56. The average molecular weight is 275 g/mol. The second-order valence-electron chi connectivity index (χ2n) is 5.85. The molecule has 0 aromatic heterocycles. The molecule has 20 heavy (non-hydrogen) atoms. The number of rotatable bonds is 6. The Bertz CT molecular complexity index is 419. The molecule has 110 valence electrons. The van der Waals surface area contributed by atoms with Crippen LogP contribution < -0.4 is 16.2 Å². The lowest BCUT2D eigenvalue weighted by Crippen LogP contribution is -2.35. The molecule has 1 aliphatic heterocycles. The van der Waals surface area contributed by atoms with Crippen LogP contribution in [-0.2, 0) is 4.79 Å². The fourth-order valence-corrected chi connectivity index (χ4v) is 2.57. The first-order valence-corrected chi connectivity index (χ1v) is 7.49. The molecule has 1 aromatic rings. The van der Waals surface area contributed by atoms with Gasteiger partial charge in [0.25, 0.3) is 0 Å². The third kappa shape index (κ3) is 4.05. The molecule has 4 nitrogen and oxygen atoms in total. The molecule has 4 heteroatoms. The minimum atomic E-state index is -0.0450. The van der Waals surface area contributed by atoms with Gasteiger partial charge in [-0.05, 0) is 24.3 Å². The van der Waals surface area contributed by atoms with Crippen LogP contribution >= 0.6 is 0 Å². The lowest BCUT2D eigenvalue weighted by Gasteiger charge is -2.18. The van der Waals surface area contributed by atoms with Gasteiger partial charge >= 0.3 is 0 Å². The first-order chi connectivity index (χ1) is 9.68. The summed E-state index contributed by atoms with van der Waals surface area (Å²) < 4.78 is 0. The van der Waals surface area contributed by atoms with Gasteiger partial charge in [0.1, 0.15) is 0 Å². The second kappa shape index (κ2) is 7.41. The first kappa shape index (κ1) is 15.0. The molecule has 1 heterocycles. The van der Waals surface area contributed by atoms with Crippen LogP contribution in [0.1, 0.15) is 38.3 Å². The third-order valence-electron chi connectivity index (χ3n) is 3.73. The number of hydrazine groups is 1. The second-order valence-corrected chi connectivity index (χ2v) is 5.85. The Hall–Kier alpha value is -1.39. The number of hydrogen-bond acceptors (Lipinski definition) is 3. The van der Waals surface area contributed by atoms with E-state index in [0.717, 1.165) is 24.9 Å².